The van der Waals surface area contributed by atoms with Crippen LogP contribution in [0.4, 0.5) is 0 Å². The van der Waals surface area contributed by atoms with Gasteiger partial charge in [-0.3, -0.25) is 4.79 Å². The number of rotatable bonds is 4. The van der Waals surface area contributed by atoms with Gasteiger partial charge in [0.1, 0.15) is 0 Å². The van der Waals surface area contributed by atoms with Crippen LogP contribution in [0.2, 0.25) is 0 Å². The van der Waals surface area contributed by atoms with Gasteiger partial charge in [-0.05, 0) is 36.3 Å². The zero-order valence-corrected chi connectivity index (χ0v) is 13.6. The molecule has 1 aromatic carbocycles. The number of carbonyl (C=O) groups excluding carboxylic acids is 1. The first kappa shape index (κ1) is 16.0. The minimum absolute atomic E-state index is 0.0144. The van der Waals surface area contributed by atoms with E-state index in [0.717, 1.165) is 19.4 Å². The highest BCUT2D eigenvalue weighted by Gasteiger charge is 2.38. The Hall–Kier alpha value is -1.35. The molecule has 116 valence electrons. The summed E-state index contributed by atoms with van der Waals surface area (Å²) in [5.74, 6) is 0.491. The molecule has 0 saturated carbocycles. The van der Waals surface area contributed by atoms with Gasteiger partial charge in [-0.2, -0.15) is 0 Å². The standard InChI is InChI=1S/C18H28N2O/c1-13(2)15(14-9-6-5-7-10-14)20-17(21)16-18(3,4)11-8-12-19-16/h5-7,9-10,13,15-16,19H,8,11-12H2,1-4H3,(H,20,21). The minimum Gasteiger partial charge on any atom is -0.348 e. The highest BCUT2D eigenvalue weighted by atomic mass is 16.2. The minimum atomic E-state index is -0.101. The third-order valence-corrected chi connectivity index (χ3v) is 4.51. The molecule has 2 rings (SSSR count). The van der Waals surface area contributed by atoms with Crippen molar-refractivity contribution < 1.29 is 4.79 Å². The van der Waals surface area contributed by atoms with Gasteiger partial charge in [0.15, 0.2) is 0 Å². The van der Waals surface area contributed by atoms with Gasteiger partial charge in [0.05, 0.1) is 12.1 Å². The number of amides is 1. The molecule has 21 heavy (non-hydrogen) atoms. The van der Waals surface area contributed by atoms with E-state index in [1.54, 1.807) is 0 Å². The van der Waals surface area contributed by atoms with Gasteiger partial charge in [-0.1, -0.05) is 58.0 Å². The summed E-state index contributed by atoms with van der Waals surface area (Å²) in [5, 5.41) is 6.65. The molecule has 0 radical (unpaired) electrons. The van der Waals surface area contributed by atoms with Crippen molar-refractivity contribution in [3.8, 4) is 0 Å². The Morgan fingerprint density at radius 1 is 1.29 bits per heavy atom. The molecule has 2 unspecified atom stereocenters. The normalized spacial score (nSPS) is 22.8. The Morgan fingerprint density at radius 3 is 2.52 bits per heavy atom. The highest BCUT2D eigenvalue weighted by molar-refractivity contribution is 5.83. The SMILES string of the molecule is CC(C)C(NC(=O)C1NCCCC1(C)C)c1ccccc1. The summed E-state index contributed by atoms with van der Waals surface area (Å²) in [5.41, 5.74) is 1.19. The molecule has 0 bridgehead atoms. The van der Waals surface area contributed by atoms with Crippen molar-refractivity contribution in [2.24, 2.45) is 11.3 Å². The molecule has 0 aliphatic carbocycles. The fraction of sp³-hybridized carbons (Fsp3) is 0.611. The summed E-state index contributed by atoms with van der Waals surface area (Å²) < 4.78 is 0. The predicted molar refractivity (Wildman–Crippen MR) is 87.0 cm³/mol. The molecule has 3 heteroatoms. The van der Waals surface area contributed by atoms with E-state index < -0.39 is 0 Å². The van der Waals surface area contributed by atoms with E-state index in [4.69, 9.17) is 0 Å². The Kier molecular flexibility index (Phi) is 5.04. The molecule has 1 aliphatic heterocycles. The maximum atomic E-state index is 12.7. The van der Waals surface area contributed by atoms with Gasteiger partial charge in [-0.25, -0.2) is 0 Å². The second-order valence-corrected chi connectivity index (χ2v) is 7.12. The summed E-state index contributed by atoms with van der Waals surface area (Å²) in [6.07, 6.45) is 2.23. The number of hydrogen-bond donors (Lipinski definition) is 2. The van der Waals surface area contributed by atoms with Crippen molar-refractivity contribution in [2.75, 3.05) is 6.54 Å². The van der Waals surface area contributed by atoms with E-state index in [2.05, 4.69) is 50.5 Å². The molecule has 0 aromatic heterocycles. The average molecular weight is 288 g/mol. The van der Waals surface area contributed by atoms with Crippen molar-refractivity contribution in [3.05, 3.63) is 35.9 Å². The maximum Gasteiger partial charge on any atom is 0.238 e. The molecule has 1 aromatic rings. The molecule has 2 N–H and O–H groups in total. The van der Waals surface area contributed by atoms with E-state index in [1.165, 1.54) is 5.56 Å². The molecule has 1 aliphatic rings. The maximum absolute atomic E-state index is 12.7. The highest BCUT2D eigenvalue weighted by Crippen LogP contribution is 2.31. The first-order chi connectivity index (χ1) is 9.92. The van der Waals surface area contributed by atoms with Crippen LogP contribution >= 0.6 is 0 Å². The first-order valence-electron chi connectivity index (χ1n) is 8.00. The second kappa shape index (κ2) is 6.61. The van der Waals surface area contributed by atoms with Crippen LogP contribution in [-0.4, -0.2) is 18.5 Å². The molecule has 1 heterocycles. The Balaban J connectivity index is 2.12. The van der Waals surface area contributed by atoms with Crippen molar-refractivity contribution in [2.45, 2.75) is 52.6 Å². The molecular weight excluding hydrogens is 260 g/mol. The van der Waals surface area contributed by atoms with Crippen LogP contribution in [0.1, 0.15) is 52.1 Å². The topological polar surface area (TPSA) is 41.1 Å². The predicted octanol–water partition coefficient (Wildman–Crippen LogP) is 3.28. The molecule has 1 saturated heterocycles. The molecule has 0 spiro atoms. The summed E-state index contributed by atoms with van der Waals surface area (Å²) in [4.78, 5) is 12.7. The van der Waals surface area contributed by atoms with Gasteiger partial charge < -0.3 is 10.6 Å². The van der Waals surface area contributed by atoms with Gasteiger partial charge in [-0.15, -0.1) is 0 Å². The van der Waals surface area contributed by atoms with Crippen molar-refractivity contribution >= 4 is 5.91 Å². The molecule has 2 atom stereocenters. The third-order valence-electron chi connectivity index (χ3n) is 4.51. The lowest BCUT2D eigenvalue weighted by atomic mass is 9.77. The number of piperidine rings is 1. The van der Waals surface area contributed by atoms with Crippen molar-refractivity contribution in [1.82, 2.24) is 10.6 Å². The first-order valence-corrected chi connectivity index (χ1v) is 8.00. The van der Waals surface area contributed by atoms with E-state index in [9.17, 15) is 4.79 Å². The van der Waals surface area contributed by atoms with Crippen molar-refractivity contribution in [1.29, 1.82) is 0 Å². The zero-order valence-electron chi connectivity index (χ0n) is 13.6. The lowest BCUT2D eigenvalue weighted by Crippen LogP contribution is -2.56. The number of carbonyl (C=O) groups is 1. The van der Waals surface area contributed by atoms with Crippen LogP contribution in [0.5, 0.6) is 0 Å². The van der Waals surface area contributed by atoms with Gasteiger partial charge in [0.25, 0.3) is 0 Å². The lowest BCUT2D eigenvalue weighted by Gasteiger charge is -2.39. The van der Waals surface area contributed by atoms with Gasteiger partial charge in [0, 0.05) is 0 Å². The Bertz CT molecular complexity index is 467. The van der Waals surface area contributed by atoms with Crippen LogP contribution in [0.25, 0.3) is 0 Å². The molecule has 1 amide bonds. The van der Waals surface area contributed by atoms with Gasteiger partial charge >= 0.3 is 0 Å². The summed E-state index contributed by atoms with van der Waals surface area (Å²) in [6, 6.07) is 10.2. The second-order valence-electron chi connectivity index (χ2n) is 7.12. The zero-order chi connectivity index (χ0) is 15.5. The molecule has 3 nitrogen and oxygen atoms in total. The fourth-order valence-electron chi connectivity index (χ4n) is 3.19. The van der Waals surface area contributed by atoms with Crippen LogP contribution in [0, 0.1) is 11.3 Å². The van der Waals surface area contributed by atoms with E-state index >= 15 is 0 Å². The van der Waals surface area contributed by atoms with E-state index in [-0.39, 0.29) is 23.4 Å². The average Bonchev–Trinajstić information content (AvgIpc) is 2.44. The Morgan fingerprint density at radius 2 is 1.95 bits per heavy atom. The van der Waals surface area contributed by atoms with Gasteiger partial charge in [0.2, 0.25) is 5.91 Å². The molecular formula is C18H28N2O. The smallest absolute Gasteiger partial charge is 0.238 e. The van der Waals surface area contributed by atoms with E-state index in [1.807, 2.05) is 18.2 Å². The number of nitrogens with one attached hydrogen (secondary N) is 2. The largest absolute Gasteiger partial charge is 0.348 e. The number of hydrogen-bond acceptors (Lipinski definition) is 2. The van der Waals surface area contributed by atoms with Crippen LogP contribution in [0.3, 0.4) is 0 Å². The van der Waals surface area contributed by atoms with Crippen LogP contribution < -0.4 is 10.6 Å². The lowest BCUT2D eigenvalue weighted by molar-refractivity contribution is -0.127. The van der Waals surface area contributed by atoms with Crippen molar-refractivity contribution in [3.63, 3.8) is 0 Å². The summed E-state index contributed by atoms with van der Waals surface area (Å²) in [7, 11) is 0. The summed E-state index contributed by atoms with van der Waals surface area (Å²) in [6.45, 7) is 9.58. The quantitative estimate of drug-likeness (QED) is 0.892. The van der Waals surface area contributed by atoms with Crippen LogP contribution in [0.15, 0.2) is 30.3 Å². The van der Waals surface area contributed by atoms with E-state index in [0.29, 0.717) is 5.92 Å². The monoisotopic (exact) mass is 288 g/mol. The third kappa shape index (κ3) is 3.85. The van der Waals surface area contributed by atoms with Crippen LogP contribution in [-0.2, 0) is 4.79 Å². The molecule has 1 fully saturated rings. The Labute approximate surface area is 128 Å². The summed E-state index contributed by atoms with van der Waals surface area (Å²) >= 11 is 0. The number of benzene rings is 1. The fourth-order valence-corrected chi connectivity index (χ4v) is 3.19.